The number of rotatable bonds is 7. The van der Waals surface area contributed by atoms with Gasteiger partial charge in [0.2, 0.25) is 11.8 Å². The summed E-state index contributed by atoms with van der Waals surface area (Å²) in [6.45, 7) is 3.56. The topological polar surface area (TPSA) is 78.5 Å². The monoisotopic (exact) mass is 431 g/mol. The summed E-state index contributed by atoms with van der Waals surface area (Å²) in [5.74, 6) is -0.457. The Morgan fingerprint density at radius 1 is 0.963 bits per heavy atom. The largest absolute Gasteiger partial charge is 0.325 e. The highest BCUT2D eigenvalue weighted by Crippen LogP contribution is 2.19. The number of ketones is 1. The van der Waals surface area contributed by atoms with Crippen LogP contribution in [0.15, 0.2) is 46.9 Å². The van der Waals surface area contributed by atoms with Crippen molar-refractivity contribution in [2.24, 2.45) is 0 Å². The molecule has 0 aliphatic heterocycles. The van der Waals surface area contributed by atoms with Gasteiger partial charge in [-0.3, -0.25) is 19.3 Å². The van der Waals surface area contributed by atoms with Crippen molar-refractivity contribution in [3.8, 4) is 0 Å². The molecule has 0 unspecified atom stereocenters. The van der Waals surface area contributed by atoms with Crippen molar-refractivity contribution < 1.29 is 14.4 Å². The SMILES string of the molecule is CC(=O)c1ccc(NC(=O)CN(C)CC(=O)Nc2ccc(Br)cc2C)cc1. The van der Waals surface area contributed by atoms with Crippen molar-refractivity contribution in [1.82, 2.24) is 4.90 Å². The van der Waals surface area contributed by atoms with Crippen LogP contribution >= 0.6 is 15.9 Å². The number of Topliss-reactive ketones (excluding diaryl/α,β-unsaturated/α-hetero) is 1. The first-order chi connectivity index (χ1) is 12.7. The molecule has 2 aromatic carbocycles. The maximum absolute atomic E-state index is 12.2. The standard InChI is InChI=1S/C20H22BrN3O3/c1-13-10-16(21)6-9-18(13)23-20(27)12-24(3)11-19(26)22-17-7-4-15(5-8-17)14(2)25/h4-10H,11-12H2,1-3H3,(H,22,26)(H,23,27). The zero-order valence-electron chi connectivity index (χ0n) is 15.5. The predicted octanol–water partition coefficient (Wildman–Crippen LogP) is 3.47. The Morgan fingerprint density at radius 3 is 2.11 bits per heavy atom. The minimum absolute atomic E-state index is 0.0281. The van der Waals surface area contributed by atoms with E-state index >= 15 is 0 Å². The molecule has 0 atom stereocenters. The highest BCUT2D eigenvalue weighted by atomic mass is 79.9. The molecule has 0 heterocycles. The number of carbonyl (C=O) groups is 3. The molecule has 2 rings (SSSR count). The zero-order valence-corrected chi connectivity index (χ0v) is 17.1. The average Bonchev–Trinajstić information content (AvgIpc) is 2.57. The van der Waals surface area contributed by atoms with Crippen molar-refractivity contribution in [1.29, 1.82) is 0 Å². The van der Waals surface area contributed by atoms with E-state index in [2.05, 4.69) is 26.6 Å². The molecule has 0 fully saturated rings. The summed E-state index contributed by atoms with van der Waals surface area (Å²) in [4.78, 5) is 37.2. The number of hydrogen-bond acceptors (Lipinski definition) is 4. The summed E-state index contributed by atoms with van der Waals surface area (Å²) < 4.78 is 0.947. The number of amides is 2. The molecule has 6 nitrogen and oxygen atoms in total. The third kappa shape index (κ3) is 6.62. The van der Waals surface area contributed by atoms with Gasteiger partial charge in [-0.05, 0) is 68.9 Å². The lowest BCUT2D eigenvalue weighted by Crippen LogP contribution is -2.36. The predicted molar refractivity (Wildman–Crippen MR) is 110 cm³/mol. The second kappa shape index (κ2) is 9.43. The first-order valence-electron chi connectivity index (χ1n) is 8.40. The molecule has 7 heteroatoms. The van der Waals surface area contributed by atoms with Crippen LogP contribution < -0.4 is 10.6 Å². The van der Waals surface area contributed by atoms with Crippen molar-refractivity contribution in [2.75, 3.05) is 30.8 Å². The summed E-state index contributed by atoms with van der Waals surface area (Å²) in [5, 5.41) is 5.59. The number of hydrogen-bond donors (Lipinski definition) is 2. The molecular weight excluding hydrogens is 410 g/mol. The minimum atomic E-state index is -0.235. The van der Waals surface area contributed by atoms with Gasteiger partial charge in [0.15, 0.2) is 5.78 Å². The van der Waals surface area contributed by atoms with Crippen LogP contribution in [0.5, 0.6) is 0 Å². The molecule has 2 N–H and O–H groups in total. The normalized spacial score (nSPS) is 10.6. The molecule has 27 heavy (non-hydrogen) atoms. The molecule has 2 amide bonds. The Labute approximate surface area is 167 Å². The smallest absolute Gasteiger partial charge is 0.238 e. The van der Waals surface area contributed by atoms with Crippen LogP contribution in [0.25, 0.3) is 0 Å². The zero-order chi connectivity index (χ0) is 20.0. The second-order valence-electron chi connectivity index (χ2n) is 6.36. The Kier molecular flexibility index (Phi) is 7.27. The van der Waals surface area contributed by atoms with Gasteiger partial charge in [-0.1, -0.05) is 15.9 Å². The van der Waals surface area contributed by atoms with E-state index in [1.165, 1.54) is 6.92 Å². The fraction of sp³-hybridized carbons (Fsp3) is 0.250. The first kappa shape index (κ1) is 20.8. The Hall–Kier alpha value is -2.51. The van der Waals surface area contributed by atoms with Crippen LogP contribution in [0.1, 0.15) is 22.8 Å². The number of halogens is 1. The van der Waals surface area contributed by atoms with Gasteiger partial charge in [-0.25, -0.2) is 0 Å². The van der Waals surface area contributed by atoms with E-state index in [1.807, 2.05) is 25.1 Å². The Morgan fingerprint density at radius 2 is 1.56 bits per heavy atom. The van der Waals surface area contributed by atoms with E-state index in [-0.39, 0.29) is 30.7 Å². The molecule has 0 saturated heterocycles. The fourth-order valence-electron chi connectivity index (χ4n) is 2.49. The van der Waals surface area contributed by atoms with Crippen LogP contribution in [-0.4, -0.2) is 42.6 Å². The number of benzene rings is 2. The van der Waals surface area contributed by atoms with Gasteiger partial charge in [0, 0.05) is 21.4 Å². The lowest BCUT2D eigenvalue weighted by molar-refractivity contribution is -0.119. The van der Waals surface area contributed by atoms with Crippen molar-refractivity contribution in [3.63, 3.8) is 0 Å². The van der Waals surface area contributed by atoms with Crippen molar-refractivity contribution >= 4 is 44.9 Å². The summed E-state index contributed by atoms with van der Waals surface area (Å²) in [5.41, 5.74) is 2.89. The molecule has 142 valence electrons. The van der Waals surface area contributed by atoms with Gasteiger partial charge in [0.05, 0.1) is 13.1 Å². The molecule has 0 aliphatic rings. The summed E-state index contributed by atoms with van der Waals surface area (Å²) in [7, 11) is 1.70. The summed E-state index contributed by atoms with van der Waals surface area (Å²) in [6, 6.07) is 12.3. The Bertz CT molecular complexity index is 850. The van der Waals surface area contributed by atoms with Gasteiger partial charge >= 0.3 is 0 Å². The van der Waals surface area contributed by atoms with Gasteiger partial charge in [0.1, 0.15) is 0 Å². The molecule has 0 aromatic heterocycles. The molecule has 0 bridgehead atoms. The maximum atomic E-state index is 12.2. The van der Waals surface area contributed by atoms with E-state index in [0.717, 1.165) is 15.7 Å². The van der Waals surface area contributed by atoms with E-state index in [9.17, 15) is 14.4 Å². The van der Waals surface area contributed by atoms with Crippen molar-refractivity contribution in [3.05, 3.63) is 58.1 Å². The molecule has 0 aliphatic carbocycles. The van der Waals surface area contributed by atoms with Gasteiger partial charge in [-0.2, -0.15) is 0 Å². The van der Waals surface area contributed by atoms with Gasteiger partial charge in [-0.15, -0.1) is 0 Å². The number of nitrogens with one attached hydrogen (secondary N) is 2. The fourth-order valence-corrected chi connectivity index (χ4v) is 2.97. The van der Waals surface area contributed by atoms with Crippen LogP contribution in [0.4, 0.5) is 11.4 Å². The van der Waals surface area contributed by atoms with Gasteiger partial charge < -0.3 is 10.6 Å². The number of aryl methyl sites for hydroxylation is 1. The number of nitrogens with zero attached hydrogens (tertiary/aromatic N) is 1. The molecular formula is C20H22BrN3O3. The number of likely N-dealkylation sites (N-methyl/N-ethyl adjacent to an activating group) is 1. The first-order valence-corrected chi connectivity index (χ1v) is 9.19. The third-order valence-electron chi connectivity index (χ3n) is 3.86. The minimum Gasteiger partial charge on any atom is -0.325 e. The average molecular weight is 432 g/mol. The van der Waals surface area contributed by atoms with E-state index in [0.29, 0.717) is 11.3 Å². The number of anilines is 2. The highest BCUT2D eigenvalue weighted by molar-refractivity contribution is 9.10. The Balaban J connectivity index is 1.83. The van der Waals surface area contributed by atoms with Crippen LogP contribution in [0.2, 0.25) is 0 Å². The quantitative estimate of drug-likeness (QED) is 0.657. The molecule has 0 spiro atoms. The van der Waals surface area contributed by atoms with E-state index < -0.39 is 0 Å². The molecule has 2 aromatic rings. The molecule has 0 radical (unpaired) electrons. The summed E-state index contributed by atoms with van der Waals surface area (Å²) in [6.07, 6.45) is 0. The number of carbonyl (C=O) groups excluding carboxylic acids is 3. The van der Waals surface area contributed by atoms with Crippen molar-refractivity contribution in [2.45, 2.75) is 13.8 Å². The van der Waals surface area contributed by atoms with E-state index in [1.54, 1.807) is 36.2 Å². The van der Waals surface area contributed by atoms with E-state index in [4.69, 9.17) is 0 Å². The van der Waals surface area contributed by atoms with Crippen LogP contribution in [0, 0.1) is 6.92 Å². The van der Waals surface area contributed by atoms with Crippen LogP contribution in [0.3, 0.4) is 0 Å². The molecule has 0 saturated carbocycles. The second-order valence-corrected chi connectivity index (χ2v) is 7.28. The summed E-state index contributed by atoms with van der Waals surface area (Å²) >= 11 is 3.39. The van der Waals surface area contributed by atoms with Gasteiger partial charge in [0.25, 0.3) is 0 Å². The highest BCUT2D eigenvalue weighted by Gasteiger charge is 2.12. The van der Waals surface area contributed by atoms with Crippen LogP contribution in [-0.2, 0) is 9.59 Å². The third-order valence-corrected chi connectivity index (χ3v) is 4.36. The maximum Gasteiger partial charge on any atom is 0.238 e. The lowest BCUT2D eigenvalue weighted by atomic mass is 10.1. The lowest BCUT2D eigenvalue weighted by Gasteiger charge is -2.16.